The molecule has 164 valence electrons. The SMILES string of the molecule is Cc1oc(S(N)(=O)=NC(O)Nc2c3c(cc4c2C(C)CC4)CCC3)cc1C(C)(C)O. The number of aryl methyl sites for hydroxylation is 3. The van der Waals surface area contributed by atoms with Crippen molar-refractivity contribution < 1.29 is 18.8 Å². The summed E-state index contributed by atoms with van der Waals surface area (Å²) >= 11 is 0. The highest BCUT2D eigenvalue weighted by Gasteiger charge is 2.30. The van der Waals surface area contributed by atoms with Crippen LogP contribution in [0.5, 0.6) is 0 Å². The van der Waals surface area contributed by atoms with Crippen LogP contribution in [0.3, 0.4) is 0 Å². The van der Waals surface area contributed by atoms with E-state index in [0.717, 1.165) is 37.8 Å². The summed E-state index contributed by atoms with van der Waals surface area (Å²) in [5.41, 5.74) is 5.33. The Morgan fingerprint density at radius 1 is 1.30 bits per heavy atom. The molecule has 0 saturated carbocycles. The van der Waals surface area contributed by atoms with Gasteiger partial charge in [-0.15, -0.1) is 0 Å². The molecular formula is C22H31N3O4S. The minimum absolute atomic E-state index is 0.0603. The Bertz CT molecular complexity index is 1110. The molecule has 0 saturated heterocycles. The number of fused-ring (bicyclic) bond motifs is 2. The highest BCUT2D eigenvalue weighted by atomic mass is 32.2. The van der Waals surface area contributed by atoms with Gasteiger partial charge < -0.3 is 19.9 Å². The maximum absolute atomic E-state index is 13.0. The van der Waals surface area contributed by atoms with E-state index in [1.807, 2.05) is 0 Å². The quantitative estimate of drug-likeness (QED) is 0.538. The van der Waals surface area contributed by atoms with E-state index in [1.165, 1.54) is 28.3 Å². The van der Waals surface area contributed by atoms with Crippen molar-refractivity contribution in [1.82, 2.24) is 0 Å². The van der Waals surface area contributed by atoms with Crippen molar-refractivity contribution in [1.29, 1.82) is 0 Å². The van der Waals surface area contributed by atoms with Crippen LogP contribution >= 0.6 is 0 Å². The molecule has 0 aliphatic heterocycles. The number of rotatable bonds is 5. The molecule has 0 bridgehead atoms. The summed E-state index contributed by atoms with van der Waals surface area (Å²) in [5.74, 6) is 0.811. The Kier molecular flexibility index (Phi) is 5.25. The van der Waals surface area contributed by atoms with Gasteiger partial charge in [0.25, 0.3) is 0 Å². The Labute approximate surface area is 178 Å². The summed E-state index contributed by atoms with van der Waals surface area (Å²) in [5, 5.41) is 29.9. The summed E-state index contributed by atoms with van der Waals surface area (Å²) in [6, 6.07) is 3.76. The molecule has 1 aromatic heterocycles. The summed E-state index contributed by atoms with van der Waals surface area (Å²) < 4.78 is 22.5. The van der Waals surface area contributed by atoms with Gasteiger partial charge in [0.05, 0.1) is 5.60 Å². The molecule has 7 nitrogen and oxygen atoms in total. The van der Waals surface area contributed by atoms with E-state index in [9.17, 15) is 14.4 Å². The topological polar surface area (TPSA) is 121 Å². The van der Waals surface area contributed by atoms with Crippen molar-refractivity contribution in [2.45, 2.75) is 82.8 Å². The normalized spacial score (nSPS) is 21.1. The molecule has 2 aliphatic rings. The number of nitrogens with one attached hydrogen (secondary N) is 1. The predicted molar refractivity (Wildman–Crippen MR) is 117 cm³/mol. The van der Waals surface area contributed by atoms with Gasteiger partial charge in [0, 0.05) is 17.3 Å². The van der Waals surface area contributed by atoms with Crippen LogP contribution in [-0.2, 0) is 34.8 Å². The number of nitrogens with two attached hydrogens (primary N) is 1. The molecule has 30 heavy (non-hydrogen) atoms. The van der Waals surface area contributed by atoms with Gasteiger partial charge in [0.15, 0.2) is 9.92 Å². The molecule has 3 atom stereocenters. The first-order valence-electron chi connectivity index (χ1n) is 10.5. The molecule has 0 amide bonds. The molecule has 1 aromatic carbocycles. The van der Waals surface area contributed by atoms with Crippen LogP contribution in [-0.4, -0.2) is 20.8 Å². The van der Waals surface area contributed by atoms with Crippen LogP contribution in [0.2, 0.25) is 0 Å². The first-order valence-corrected chi connectivity index (χ1v) is 12.0. The standard InChI is InChI=1S/C22H31N3O4S/c1-12-8-9-15-10-14-6-5-7-16(14)20(19(12)15)24-21(26)25-30(23,28)18-11-17(13(2)29-18)22(3,4)27/h10-12,21,24,26-27H,5-9H2,1-4H3,(H2,23,25,28). The summed E-state index contributed by atoms with van der Waals surface area (Å²) in [7, 11) is -3.50. The molecule has 2 aliphatic carbocycles. The van der Waals surface area contributed by atoms with Gasteiger partial charge in [-0.25, -0.2) is 9.35 Å². The lowest BCUT2D eigenvalue weighted by Crippen LogP contribution is -2.24. The Morgan fingerprint density at radius 3 is 2.70 bits per heavy atom. The summed E-state index contributed by atoms with van der Waals surface area (Å²) in [4.78, 5) is 0. The van der Waals surface area contributed by atoms with E-state index < -0.39 is 21.9 Å². The van der Waals surface area contributed by atoms with Crippen LogP contribution in [0.25, 0.3) is 0 Å². The lowest BCUT2D eigenvalue weighted by atomic mass is 9.95. The molecule has 0 spiro atoms. The van der Waals surface area contributed by atoms with E-state index in [0.29, 0.717) is 17.2 Å². The smallest absolute Gasteiger partial charge is 0.233 e. The van der Waals surface area contributed by atoms with Crippen molar-refractivity contribution in [2.75, 3.05) is 5.32 Å². The van der Waals surface area contributed by atoms with Crippen molar-refractivity contribution in [3.8, 4) is 0 Å². The Balaban J connectivity index is 1.68. The summed E-state index contributed by atoms with van der Waals surface area (Å²) in [6.45, 7) is 7.08. The van der Waals surface area contributed by atoms with Gasteiger partial charge in [-0.1, -0.05) is 13.0 Å². The highest BCUT2D eigenvalue weighted by molar-refractivity contribution is 7.91. The van der Waals surface area contributed by atoms with Crippen LogP contribution in [0, 0.1) is 6.92 Å². The van der Waals surface area contributed by atoms with Crippen molar-refractivity contribution in [3.05, 3.63) is 45.7 Å². The highest BCUT2D eigenvalue weighted by Crippen LogP contribution is 2.44. The fourth-order valence-corrected chi connectivity index (χ4v) is 5.82. The molecule has 5 N–H and O–H groups in total. The number of aliphatic hydroxyl groups excluding tert-OH is 1. The molecule has 8 heteroatoms. The van der Waals surface area contributed by atoms with Gasteiger partial charge in [-0.2, -0.15) is 4.36 Å². The van der Waals surface area contributed by atoms with Crippen LogP contribution < -0.4 is 10.5 Å². The zero-order valence-electron chi connectivity index (χ0n) is 18.0. The van der Waals surface area contributed by atoms with Gasteiger partial charge >= 0.3 is 0 Å². The Morgan fingerprint density at radius 2 is 2.03 bits per heavy atom. The van der Waals surface area contributed by atoms with E-state index in [2.05, 4.69) is 22.7 Å². The number of nitrogens with zero attached hydrogens (tertiary/aromatic N) is 1. The Hall–Kier alpha value is -1.87. The largest absolute Gasteiger partial charge is 0.450 e. The van der Waals surface area contributed by atoms with Gasteiger partial charge in [-0.05, 0) is 81.0 Å². The molecule has 0 fully saturated rings. The molecule has 2 aromatic rings. The van der Waals surface area contributed by atoms with E-state index in [1.54, 1.807) is 20.8 Å². The molecule has 3 unspecified atom stereocenters. The second-order valence-corrected chi connectivity index (χ2v) is 10.8. The lowest BCUT2D eigenvalue weighted by Gasteiger charge is -2.21. The van der Waals surface area contributed by atoms with E-state index >= 15 is 0 Å². The average Bonchev–Trinajstić information content (AvgIpc) is 3.32. The van der Waals surface area contributed by atoms with E-state index in [4.69, 9.17) is 9.56 Å². The number of aliphatic hydroxyl groups is 2. The second-order valence-electron chi connectivity index (χ2n) is 9.04. The maximum atomic E-state index is 13.0. The minimum Gasteiger partial charge on any atom is -0.450 e. The average molecular weight is 434 g/mol. The zero-order chi connectivity index (χ0) is 21.8. The minimum atomic E-state index is -3.50. The molecule has 0 radical (unpaired) electrons. The van der Waals surface area contributed by atoms with Crippen molar-refractivity contribution >= 4 is 15.6 Å². The fourth-order valence-electron chi connectivity index (χ4n) is 4.84. The van der Waals surface area contributed by atoms with Crippen LogP contribution in [0.1, 0.15) is 73.1 Å². The second kappa shape index (κ2) is 7.37. The lowest BCUT2D eigenvalue weighted by molar-refractivity contribution is 0.0769. The van der Waals surface area contributed by atoms with Crippen molar-refractivity contribution in [2.24, 2.45) is 9.50 Å². The van der Waals surface area contributed by atoms with Crippen LogP contribution in [0.15, 0.2) is 26.0 Å². The van der Waals surface area contributed by atoms with Crippen LogP contribution in [0.4, 0.5) is 5.69 Å². The third-order valence-corrected chi connectivity index (χ3v) is 7.53. The predicted octanol–water partition coefficient (Wildman–Crippen LogP) is 3.44. The fraction of sp³-hybridized carbons (Fsp3) is 0.545. The molecule has 4 rings (SSSR count). The maximum Gasteiger partial charge on any atom is 0.233 e. The first-order chi connectivity index (χ1) is 14.0. The van der Waals surface area contributed by atoms with Gasteiger partial charge in [0.1, 0.15) is 5.76 Å². The number of hydrogen-bond acceptors (Lipinski definition) is 6. The van der Waals surface area contributed by atoms with E-state index in [-0.39, 0.29) is 5.09 Å². The van der Waals surface area contributed by atoms with Gasteiger partial charge in [0.2, 0.25) is 11.4 Å². The first kappa shape index (κ1) is 21.4. The van der Waals surface area contributed by atoms with Gasteiger partial charge in [-0.3, -0.25) is 0 Å². The number of furan rings is 1. The third kappa shape index (κ3) is 3.77. The third-order valence-electron chi connectivity index (χ3n) is 6.24. The molecular weight excluding hydrogens is 402 g/mol. The molecule has 1 heterocycles. The summed E-state index contributed by atoms with van der Waals surface area (Å²) in [6.07, 6.45) is 3.76. The zero-order valence-corrected chi connectivity index (χ0v) is 18.8. The number of hydrogen-bond donors (Lipinski definition) is 4. The van der Waals surface area contributed by atoms with Crippen molar-refractivity contribution in [3.63, 3.8) is 0 Å². The monoisotopic (exact) mass is 433 g/mol. The number of anilines is 1. The number of benzene rings is 1.